The molecule has 11 heavy (non-hydrogen) atoms. The maximum absolute atomic E-state index is 12.2. The third-order valence-corrected chi connectivity index (χ3v) is 0.954. The van der Waals surface area contributed by atoms with Crippen LogP contribution in [0.2, 0.25) is 0 Å². The second-order valence-electron chi connectivity index (χ2n) is 1.62. The van der Waals surface area contributed by atoms with E-state index in [-0.39, 0.29) is 5.82 Å². The summed E-state index contributed by atoms with van der Waals surface area (Å²) in [6.07, 6.45) is 0. The number of benzene rings is 1. The van der Waals surface area contributed by atoms with Gasteiger partial charge in [-0.05, 0) is 18.2 Å². The molecular formula is C8H6FNO. The maximum atomic E-state index is 12.2. The van der Waals surface area contributed by atoms with Crippen LogP contribution in [-0.4, -0.2) is 6.79 Å². The number of carbonyl (C=O) groups is 1. The van der Waals surface area contributed by atoms with Crippen molar-refractivity contribution in [2.45, 2.75) is 0 Å². The molecule has 0 radical (unpaired) electrons. The van der Waals surface area contributed by atoms with Gasteiger partial charge in [-0.2, -0.15) is 5.26 Å². The number of rotatable bonds is 0. The second-order valence-corrected chi connectivity index (χ2v) is 1.62. The zero-order valence-electron chi connectivity index (χ0n) is 5.75. The first-order chi connectivity index (χ1) is 5.33. The number of halogens is 1. The van der Waals surface area contributed by atoms with E-state index in [0.717, 1.165) is 0 Å². The third kappa shape index (κ3) is 3.11. The standard InChI is InChI=1S/C7H4FN.CH2O/c8-7-3-1-2-6(4-7)5-9;1-2/h1-4H;1H2. The minimum Gasteiger partial charge on any atom is -0.307 e. The highest BCUT2D eigenvalue weighted by Crippen LogP contribution is 2.00. The quantitative estimate of drug-likeness (QED) is 0.564. The van der Waals surface area contributed by atoms with Gasteiger partial charge in [-0.3, -0.25) is 0 Å². The molecule has 0 amide bonds. The van der Waals surface area contributed by atoms with Crippen molar-refractivity contribution in [3.63, 3.8) is 0 Å². The molecular weight excluding hydrogens is 145 g/mol. The molecule has 0 atom stereocenters. The first-order valence-electron chi connectivity index (χ1n) is 2.77. The van der Waals surface area contributed by atoms with Crippen LogP contribution in [-0.2, 0) is 4.79 Å². The summed E-state index contributed by atoms with van der Waals surface area (Å²) in [4.78, 5) is 8.00. The number of nitriles is 1. The fourth-order valence-corrected chi connectivity index (χ4v) is 0.558. The summed E-state index contributed by atoms with van der Waals surface area (Å²) in [5.74, 6) is -0.367. The van der Waals surface area contributed by atoms with Gasteiger partial charge in [0.25, 0.3) is 0 Å². The molecule has 0 spiro atoms. The van der Waals surface area contributed by atoms with Gasteiger partial charge in [0.2, 0.25) is 0 Å². The van der Waals surface area contributed by atoms with Gasteiger partial charge in [-0.25, -0.2) is 4.39 Å². The van der Waals surface area contributed by atoms with E-state index in [1.54, 1.807) is 6.07 Å². The van der Waals surface area contributed by atoms with Crippen LogP contribution in [0.1, 0.15) is 5.56 Å². The molecule has 1 aromatic carbocycles. The molecule has 0 heterocycles. The van der Waals surface area contributed by atoms with Crippen molar-refractivity contribution < 1.29 is 9.18 Å². The third-order valence-electron chi connectivity index (χ3n) is 0.954. The van der Waals surface area contributed by atoms with E-state index < -0.39 is 0 Å². The Labute approximate surface area is 63.9 Å². The molecule has 0 unspecified atom stereocenters. The summed E-state index contributed by atoms with van der Waals surface area (Å²) < 4.78 is 12.2. The van der Waals surface area contributed by atoms with Crippen LogP contribution >= 0.6 is 0 Å². The molecule has 0 N–H and O–H groups in total. The fraction of sp³-hybridized carbons (Fsp3) is 0. The topological polar surface area (TPSA) is 40.9 Å². The van der Waals surface area contributed by atoms with Crippen molar-refractivity contribution in [2.24, 2.45) is 0 Å². The summed E-state index contributed by atoms with van der Waals surface area (Å²) in [7, 11) is 0. The van der Waals surface area contributed by atoms with Gasteiger partial charge >= 0.3 is 0 Å². The van der Waals surface area contributed by atoms with Gasteiger partial charge in [0.05, 0.1) is 11.6 Å². The zero-order valence-corrected chi connectivity index (χ0v) is 5.75. The number of hydrogen-bond acceptors (Lipinski definition) is 2. The molecule has 3 heteroatoms. The summed E-state index contributed by atoms with van der Waals surface area (Å²) in [5.41, 5.74) is 0.356. The normalized spacial score (nSPS) is 7.27. The zero-order chi connectivity index (χ0) is 8.69. The van der Waals surface area contributed by atoms with E-state index in [1.165, 1.54) is 18.2 Å². The number of carbonyl (C=O) groups excluding carboxylic acids is 1. The van der Waals surface area contributed by atoms with Crippen LogP contribution < -0.4 is 0 Å². The molecule has 0 bridgehead atoms. The molecule has 0 aliphatic heterocycles. The van der Waals surface area contributed by atoms with Gasteiger partial charge in [0.1, 0.15) is 12.6 Å². The average Bonchev–Trinajstić information content (AvgIpc) is 2.08. The van der Waals surface area contributed by atoms with E-state index in [1.807, 2.05) is 12.9 Å². The van der Waals surface area contributed by atoms with Gasteiger partial charge in [-0.1, -0.05) is 6.07 Å². The lowest BCUT2D eigenvalue weighted by molar-refractivity contribution is -0.0979. The lowest BCUT2D eigenvalue weighted by Gasteiger charge is -1.85. The Morgan fingerprint density at radius 3 is 2.45 bits per heavy atom. The lowest BCUT2D eigenvalue weighted by atomic mass is 10.2. The molecule has 0 saturated heterocycles. The minimum atomic E-state index is -0.367. The number of nitrogens with zero attached hydrogens (tertiary/aromatic N) is 1. The molecule has 0 aliphatic carbocycles. The van der Waals surface area contributed by atoms with Crippen molar-refractivity contribution in [1.82, 2.24) is 0 Å². The van der Waals surface area contributed by atoms with Crippen LogP contribution in [0.15, 0.2) is 24.3 Å². The van der Waals surface area contributed by atoms with E-state index in [0.29, 0.717) is 5.56 Å². The van der Waals surface area contributed by atoms with Crippen molar-refractivity contribution in [2.75, 3.05) is 0 Å². The molecule has 0 saturated carbocycles. The number of hydrogen-bond donors (Lipinski definition) is 0. The monoisotopic (exact) mass is 151 g/mol. The second kappa shape index (κ2) is 5.12. The fourth-order valence-electron chi connectivity index (χ4n) is 0.558. The summed E-state index contributed by atoms with van der Waals surface area (Å²) in [6.45, 7) is 2.00. The van der Waals surface area contributed by atoms with Crippen LogP contribution in [0.25, 0.3) is 0 Å². The Hall–Kier alpha value is -1.69. The van der Waals surface area contributed by atoms with Crippen molar-refractivity contribution >= 4 is 6.79 Å². The van der Waals surface area contributed by atoms with Crippen LogP contribution in [0.4, 0.5) is 4.39 Å². The molecule has 0 aromatic heterocycles. The highest BCUT2D eigenvalue weighted by Gasteiger charge is 1.89. The van der Waals surface area contributed by atoms with E-state index in [9.17, 15) is 4.39 Å². The van der Waals surface area contributed by atoms with Crippen LogP contribution in [0, 0.1) is 17.1 Å². The SMILES string of the molecule is C=O.N#Cc1cccc(F)c1. The van der Waals surface area contributed by atoms with Gasteiger partial charge in [0, 0.05) is 0 Å². The molecule has 1 rings (SSSR count). The predicted octanol–water partition coefficient (Wildman–Crippen LogP) is 1.51. The van der Waals surface area contributed by atoms with Crippen LogP contribution in [0.5, 0.6) is 0 Å². The lowest BCUT2D eigenvalue weighted by Crippen LogP contribution is -1.74. The molecule has 0 fully saturated rings. The van der Waals surface area contributed by atoms with Gasteiger partial charge in [0.15, 0.2) is 0 Å². The Balaban J connectivity index is 0.000000461. The maximum Gasteiger partial charge on any atom is 0.124 e. The molecule has 1 aromatic rings. The first kappa shape index (κ1) is 9.31. The van der Waals surface area contributed by atoms with Gasteiger partial charge < -0.3 is 4.79 Å². The summed E-state index contributed by atoms with van der Waals surface area (Å²) in [6, 6.07) is 7.40. The van der Waals surface area contributed by atoms with Crippen LogP contribution in [0.3, 0.4) is 0 Å². The van der Waals surface area contributed by atoms with Crippen molar-refractivity contribution in [3.05, 3.63) is 35.6 Å². The summed E-state index contributed by atoms with van der Waals surface area (Å²) >= 11 is 0. The Kier molecular flexibility index (Phi) is 4.34. The molecule has 56 valence electrons. The summed E-state index contributed by atoms with van der Waals surface area (Å²) in [5, 5.41) is 8.25. The minimum absolute atomic E-state index is 0.356. The van der Waals surface area contributed by atoms with E-state index in [2.05, 4.69) is 0 Å². The average molecular weight is 151 g/mol. The van der Waals surface area contributed by atoms with Crippen molar-refractivity contribution in [3.8, 4) is 6.07 Å². The smallest absolute Gasteiger partial charge is 0.124 e. The Bertz CT molecular complexity index is 267. The molecule has 0 aliphatic rings. The predicted molar refractivity (Wildman–Crippen MR) is 38.2 cm³/mol. The van der Waals surface area contributed by atoms with E-state index >= 15 is 0 Å². The Morgan fingerprint density at radius 1 is 1.45 bits per heavy atom. The van der Waals surface area contributed by atoms with Crippen molar-refractivity contribution in [1.29, 1.82) is 5.26 Å². The Morgan fingerprint density at radius 2 is 2.09 bits per heavy atom. The van der Waals surface area contributed by atoms with Gasteiger partial charge in [-0.15, -0.1) is 0 Å². The molecule has 2 nitrogen and oxygen atoms in total. The first-order valence-corrected chi connectivity index (χ1v) is 2.77. The highest BCUT2D eigenvalue weighted by atomic mass is 19.1. The largest absolute Gasteiger partial charge is 0.307 e. The van der Waals surface area contributed by atoms with E-state index in [4.69, 9.17) is 10.1 Å². The highest BCUT2D eigenvalue weighted by molar-refractivity contribution is 5.28.